The van der Waals surface area contributed by atoms with Gasteiger partial charge in [0.2, 0.25) is 0 Å². The predicted molar refractivity (Wildman–Crippen MR) is 82.8 cm³/mol. The highest BCUT2D eigenvalue weighted by molar-refractivity contribution is 6.70. The smallest absolute Gasteiger partial charge is 0.185 e. The molecule has 19 heavy (non-hydrogen) atoms. The molecule has 0 aliphatic heterocycles. The van der Waals surface area contributed by atoms with Crippen molar-refractivity contribution in [2.45, 2.75) is 58.4 Å². The monoisotopic (exact) mass is 278 g/mol. The second kappa shape index (κ2) is 6.48. The standard InChI is InChI=1S/C16H26O2Si/c1-6-7-13-15(17)16(2,18-19(3,4)5)14-11-9-8-10-12-14/h8-12H,6-7,13H2,1-5H3. The molecule has 1 aromatic rings. The Hall–Kier alpha value is -0.933. The summed E-state index contributed by atoms with van der Waals surface area (Å²) >= 11 is 0. The van der Waals surface area contributed by atoms with E-state index in [1.165, 1.54) is 0 Å². The predicted octanol–water partition coefficient (Wildman–Crippen LogP) is 4.51. The van der Waals surface area contributed by atoms with Crippen LogP contribution < -0.4 is 0 Å². The van der Waals surface area contributed by atoms with E-state index in [0.29, 0.717) is 6.42 Å². The van der Waals surface area contributed by atoms with E-state index in [0.717, 1.165) is 18.4 Å². The van der Waals surface area contributed by atoms with Gasteiger partial charge in [-0.3, -0.25) is 4.79 Å². The molecule has 1 unspecified atom stereocenters. The van der Waals surface area contributed by atoms with E-state index in [1.807, 2.05) is 37.3 Å². The zero-order valence-corrected chi connectivity index (χ0v) is 13.8. The van der Waals surface area contributed by atoms with Crippen LogP contribution in [0.3, 0.4) is 0 Å². The molecule has 0 heterocycles. The molecule has 0 saturated heterocycles. The van der Waals surface area contributed by atoms with Crippen molar-refractivity contribution in [1.29, 1.82) is 0 Å². The summed E-state index contributed by atoms with van der Waals surface area (Å²) in [5.74, 6) is 0.197. The molecule has 0 aliphatic carbocycles. The van der Waals surface area contributed by atoms with E-state index >= 15 is 0 Å². The molecular weight excluding hydrogens is 252 g/mol. The SMILES string of the molecule is CCCCC(=O)C(C)(O[Si](C)(C)C)c1ccccc1. The van der Waals surface area contributed by atoms with Crippen LogP contribution in [0, 0.1) is 0 Å². The maximum absolute atomic E-state index is 12.6. The minimum Gasteiger partial charge on any atom is -0.402 e. The fraction of sp³-hybridized carbons (Fsp3) is 0.562. The Labute approximate surface area is 118 Å². The lowest BCUT2D eigenvalue weighted by atomic mass is 9.89. The highest BCUT2D eigenvalue weighted by atomic mass is 28.4. The van der Waals surface area contributed by atoms with Crippen LogP contribution in [0.15, 0.2) is 30.3 Å². The fourth-order valence-corrected chi connectivity index (χ4v) is 3.68. The van der Waals surface area contributed by atoms with Gasteiger partial charge in [-0.1, -0.05) is 43.7 Å². The third-order valence-electron chi connectivity index (χ3n) is 3.12. The molecule has 0 radical (unpaired) electrons. The lowest BCUT2D eigenvalue weighted by Crippen LogP contribution is -2.44. The molecule has 1 aromatic carbocycles. The summed E-state index contributed by atoms with van der Waals surface area (Å²) in [6, 6.07) is 9.88. The summed E-state index contributed by atoms with van der Waals surface area (Å²) in [5.41, 5.74) is 0.180. The minimum absolute atomic E-state index is 0.197. The second-order valence-electron chi connectivity index (χ2n) is 6.14. The number of carbonyl (C=O) groups is 1. The Morgan fingerprint density at radius 3 is 2.26 bits per heavy atom. The van der Waals surface area contributed by atoms with Gasteiger partial charge in [0.05, 0.1) is 0 Å². The molecule has 1 atom stereocenters. The maximum Gasteiger partial charge on any atom is 0.185 e. The summed E-state index contributed by atoms with van der Waals surface area (Å²) in [6.45, 7) is 10.4. The Kier molecular flexibility index (Phi) is 5.50. The van der Waals surface area contributed by atoms with Gasteiger partial charge in [-0.05, 0) is 38.5 Å². The molecular formula is C16H26O2Si. The van der Waals surface area contributed by atoms with Crippen LogP contribution in [0.2, 0.25) is 19.6 Å². The van der Waals surface area contributed by atoms with E-state index in [-0.39, 0.29) is 5.78 Å². The third-order valence-corrected chi connectivity index (χ3v) is 4.15. The van der Waals surface area contributed by atoms with Crippen molar-refractivity contribution >= 4 is 14.1 Å². The van der Waals surface area contributed by atoms with E-state index < -0.39 is 13.9 Å². The molecule has 0 fully saturated rings. The topological polar surface area (TPSA) is 26.3 Å². The molecule has 3 heteroatoms. The zero-order chi connectivity index (χ0) is 14.5. The van der Waals surface area contributed by atoms with Crippen LogP contribution >= 0.6 is 0 Å². The van der Waals surface area contributed by atoms with E-state index in [2.05, 4.69) is 26.6 Å². The van der Waals surface area contributed by atoms with Gasteiger partial charge in [0.1, 0.15) is 5.60 Å². The molecule has 0 bridgehead atoms. The molecule has 0 aliphatic rings. The van der Waals surface area contributed by atoms with Gasteiger partial charge in [-0.25, -0.2) is 0 Å². The van der Waals surface area contributed by atoms with Crippen molar-refractivity contribution in [3.63, 3.8) is 0 Å². The van der Waals surface area contributed by atoms with E-state index in [4.69, 9.17) is 4.43 Å². The summed E-state index contributed by atoms with van der Waals surface area (Å²) in [6.07, 6.45) is 2.55. The number of carbonyl (C=O) groups excluding carboxylic acids is 1. The highest BCUT2D eigenvalue weighted by Gasteiger charge is 2.39. The number of hydrogen-bond donors (Lipinski definition) is 0. The van der Waals surface area contributed by atoms with Crippen molar-refractivity contribution in [2.75, 3.05) is 0 Å². The minimum atomic E-state index is -1.80. The van der Waals surface area contributed by atoms with Crippen LogP contribution in [-0.4, -0.2) is 14.1 Å². The highest BCUT2D eigenvalue weighted by Crippen LogP contribution is 2.31. The van der Waals surface area contributed by atoms with Crippen LogP contribution in [0.5, 0.6) is 0 Å². The van der Waals surface area contributed by atoms with Gasteiger partial charge < -0.3 is 4.43 Å². The summed E-state index contributed by atoms with van der Waals surface area (Å²) < 4.78 is 6.26. The zero-order valence-electron chi connectivity index (χ0n) is 12.8. The first-order valence-electron chi connectivity index (χ1n) is 7.08. The van der Waals surface area contributed by atoms with Crippen molar-refractivity contribution in [1.82, 2.24) is 0 Å². The second-order valence-corrected chi connectivity index (χ2v) is 10.6. The lowest BCUT2D eigenvalue weighted by molar-refractivity contribution is -0.134. The van der Waals surface area contributed by atoms with Crippen molar-refractivity contribution < 1.29 is 9.22 Å². The number of rotatable bonds is 7. The molecule has 0 aromatic heterocycles. The van der Waals surface area contributed by atoms with Gasteiger partial charge in [0.15, 0.2) is 14.1 Å². The summed E-state index contributed by atoms with van der Waals surface area (Å²) in [7, 11) is -1.80. The summed E-state index contributed by atoms with van der Waals surface area (Å²) in [4.78, 5) is 12.6. The van der Waals surface area contributed by atoms with Gasteiger partial charge in [-0.15, -0.1) is 0 Å². The molecule has 1 rings (SSSR count). The first-order chi connectivity index (χ1) is 8.79. The Bertz CT molecular complexity index is 409. The number of benzene rings is 1. The van der Waals surface area contributed by atoms with E-state index in [1.54, 1.807) is 0 Å². The van der Waals surface area contributed by atoms with Crippen LogP contribution in [0.4, 0.5) is 0 Å². The Morgan fingerprint density at radius 1 is 1.21 bits per heavy atom. The number of ketones is 1. The lowest BCUT2D eigenvalue weighted by Gasteiger charge is -2.35. The number of hydrogen-bond acceptors (Lipinski definition) is 2. The molecule has 2 nitrogen and oxygen atoms in total. The first-order valence-corrected chi connectivity index (χ1v) is 10.5. The molecule has 0 saturated carbocycles. The van der Waals surface area contributed by atoms with Gasteiger partial charge in [-0.2, -0.15) is 0 Å². The number of unbranched alkanes of at least 4 members (excludes halogenated alkanes) is 1. The largest absolute Gasteiger partial charge is 0.402 e. The average molecular weight is 278 g/mol. The molecule has 0 spiro atoms. The average Bonchev–Trinajstić information content (AvgIpc) is 2.34. The summed E-state index contributed by atoms with van der Waals surface area (Å²) in [5, 5.41) is 0. The number of Topliss-reactive ketones (excluding diaryl/α,β-unsaturated/α-hetero) is 1. The van der Waals surface area contributed by atoms with E-state index in [9.17, 15) is 4.79 Å². The van der Waals surface area contributed by atoms with Crippen LogP contribution in [0.25, 0.3) is 0 Å². The van der Waals surface area contributed by atoms with Crippen molar-refractivity contribution in [2.24, 2.45) is 0 Å². The molecule has 106 valence electrons. The molecule has 0 N–H and O–H groups in total. The van der Waals surface area contributed by atoms with Crippen molar-refractivity contribution in [3.05, 3.63) is 35.9 Å². The van der Waals surface area contributed by atoms with Crippen molar-refractivity contribution in [3.8, 4) is 0 Å². The normalized spacial score (nSPS) is 15.0. The molecule has 0 amide bonds. The van der Waals surface area contributed by atoms with Gasteiger partial charge in [0.25, 0.3) is 0 Å². The quantitative estimate of drug-likeness (QED) is 0.686. The Balaban J connectivity index is 3.07. The first kappa shape index (κ1) is 16.1. The third kappa shape index (κ3) is 4.59. The van der Waals surface area contributed by atoms with Gasteiger partial charge >= 0.3 is 0 Å². The maximum atomic E-state index is 12.6. The van der Waals surface area contributed by atoms with Gasteiger partial charge in [0, 0.05) is 6.42 Å². The van der Waals surface area contributed by atoms with Crippen LogP contribution in [0.1, 0.15) is 38.7 Å². The van der Waals surface area contributed by atoms with Crippen LogP contribution in [-0.2, 0) is 14.8 Å². The Morgan fingerprint density at radius 2 is 1.79 bits per heavy atom. The fourth-order valence-electron chi connectivity index (χ4n) is 2.22.